The topological polar surface area (TPSA) is 20.2 Å². The minimum absolute atomic E-state index is 0.342. The van der Waals surface area contributed by atoms with Gasteiger partial charge in [-0.3, -0.25) is 0 Å². The summed E-state index contributed by atoms with van der Waals surface area (Å²) in [6.45, 7) is 9.31. The largest absolute Gasteiger partial charge is 0.396 e. The smallest absolute Gasteiger partial charge is 0.0433 e. The third kappa shape index (κ3) is 6.36. The summed E-state index contributed by atoms with van der Waals surface area (Å²) in [5, 5.41) is 8.76. The van der Waals surface area contributed by atoms with Crippen molar-refractivity contribution < 1.29 is 5.11 Å². The van der Waals surface area contributed by atoms with Gasteiger partial charge in [0.2, 0.25) is 0 Å². The van der Waals surface area contributed by atoms with Crippen LogP contribution in [-0.2, 0) is 0 Å². The molecule has 0 spiro atoms. The quantitative estimate of drug-likeness (QED) is 0.667. The van der Waals surface area contributed by atoms with Crippen LogP contribution >= 0.6 is 0 Å². The van der Waals surface area contributed by atoms with Crippen molar-refractivity contribution in [3.8, 4) is 0 Å². The fourth-order valence-electron chi connectivity index (χ4n) is 1.50. The molecule has 68 valence electrons. The molecule has 0 aromatic carbocycles. The molecule has 0 amide bonds. The Balaban J connectivity index is 3.68. The van der Waals surface area contributed by atoms with Gasteiger partial charge in [0.25, 0.3) is 0 Å². The first-order chi connectivity index (χ1) is 4.99. The number of aliphatic hydroxyl groups excluding tert-OH is 1. The van der Waals surface area contributed by atoms with Gasteiger partial charge >= 0.3 is 0 Å². The predicted molar refractivity (Wildman–Crippen MR) is 49.6 cm³/mol. The molecule has 0 radical (unpaired) electrons. The van der Waals surface area contributed by atoms with E-state index in [1.165, 1.54) is 12.8 Å². The average molecular weight is 158 g/mol. The molecular weight excluding hydrogens is 136 g/mol. The van der Waals surface area contributed by atoms with E-state index in [0.717, 1.165) is 6.42 Å². The minimum atomic E-state index is 0.342. The molecule has 0 saturated carbocycles. The molecule has 0 aliphatic heterocycles. The summed E-state index contributed by atoms with van der Waals surface area (Å²) in [4.78, 5) is 0. The molecule has 11 heavy (non-hydrogen) atoms. The Labute approximate surface area is 70.8 Å². The zero-order valence-electron chi connectivity index (χ0n) is 8.35. The Morgan fingerprint density at radius 2 is 1.82 bits per heavy atom. The van der Waals surface area contributed by atoms with E-state index in [9.17, 15) is 0 Å². The molecule has 1 N–H and O–H groups in total. The third-order valence-electron chi connectivity index (χ3n) is 2.02. The molecule has 0 aromatic rings. The summed E-state index contributed by atoms with van der Waals surface area (Å²) in [5.74, 6) is 0.708. The van der Waals surface area contributed by atoms with Crippen LogP contribution in [0.1, 0.15) is 47.0 Å². The fraction of sp³-hybridized carbons (Fsp3) is 1.00. The molecule has 1 nitrogen and oxygen atoms in total. The van der Waals surface area contributed by atoms with Crippen LogP contribution < -0.4 is 0 Å². The van der Waals surface area contributed by atoms with Crippen LogP contribution in [0.5, 0.6) is 0 Å². The molecule has 0 heterocycles. The second-order valence-corrected chi connectivity index (χ2v) is 4.55. The van der Waals surface area contributed by atoms with Gasteiger partial charge in [-0.1, -0.05) is 34.1 Å². The maximum absolute atomic E-state index is 8.76. The Bertz CT molecular complexity index is 91.5. The maximum Gasteiger partial charge on any atom is 0.0433 e. The van der Waals surface area contributed by atoms with Gasteiger partial charge in [-0.25, -0.2) is 0 Å². The van der Waals surface area contributed by atoms with Crippen molar-refractivity contribution in [2.24, 2.45) is 11.3 Å². The van der Waals surface area contributed by atoms with E-state index in [4.69, 9.17) is 5.11 Å². The summed E-state index contributed by atoms with van der Waals surface area (Å²) in [5.41, 5.74) is 0.413. The van der Waals surface area contributed by atoms with Crippen LogP contribution in [0.15, 0.2) is 0 Å². The van der Waals surface area contributed by atoms with Gasteiger partial charge in [0.15, 0.2) is 0 Å². The molecule has 0 rings (SSSR count). The van der Waals surface area contributed by atoms with E-state index in [1.54, 1.807) is 0 Å². The first-order valence-corrected chi connectivity index (χ1v) is 4.60. The normalized spacial score (nSPS) is 15.0. The van der Waals surface area contributed by atoms with E-state index in [0.29, 0.717) is 17.9 Å². The van der Waals surface area contributed by atoms with E-state index < -0.39 is 0 Å². The molecule has 0 saturated heterocycles. The first kappa shape index (κ1) is 11.0. The van der Waals surface area contributed by atoms with Gasteiger partial charge in [-0.15, -0.1) is 0 Å². The zero-order valence-corrected chi connectivity index (χ0v) is 8.35. The first-order valence-electron chi connectivity index (χ1n) is 4.60. The second kappa shape index (κ2) is 4.76. The molecule has 0 fully saturated rings. The van der Waals surface area contributed by atoms with Crippen LogP contribution in [0.4, 0.5) is 0 Å². The summed E-state index contributed by atoms with van der Waals surface area (Å²) in [6.07, 6.45) is 3.38. The summed E-state index contributed by atoms with van der Waals surface area (Å²) >= 11 is 0. The van der Waals surface area contributed by atoms with Crippen molar-refractivity contribution in [3.63, 3.8) is 0 Å². The van der Waals surface area contributed by atoms with E-state index in [-0.39, 0.29) is 0 Å². The van der Waals surface area contributed by atoms with E-state index in [1.807, 2.05) is 0 Å². The van der Waals surface area contributed by atoms with Crippen molar-refractivity contribution in [2.45, 2.75) is 47.0 Å². The fourth-order valence-corrected chi connectivity index (χ4v) is 1.50. The van der Waals surface area contributed by atoms with Crippen LogP contribution in [0, 0.1) is 11.3 Å². The summed E-state index contributed by atoms with van der Waals surface area (Å²) < 4.78 is 0. The van der Waals surface area contributed by atoms with Crippen molar-refractivity contribution in [2.75, 3.05) is 6.61 Å². The summed E-state index contributed by atoms with van der Waals surface area (Å²) in [7, 11) is 0. The number of hydrogen-bond acceptors (Lipinski definition) is 1. The highest BCUT2D eigenvalue weighted by Crippen LogP contribution is 2.27. The molecule has 0 aliphatic rings. The van der Waals surface area contributed by atoms with Crippen molar-refractivity contribution >= 4 is 0 Å². The number of hydrogen-bond donors (Lipinski definition) is 1. The van der Waals surface area contributed by atoms with Gasteiger partial charge < -0.3 is 5.11 Å². The molecule has 0 aromatic heterocycles. The highest BCUT2D eigenvalue weighted by Gasteiger charge is 2.16. The Kier molecular flexibility index (Phi) is 4.74. The van der Waals surface area contributed by atoms with Gasteiger partial charge in [0.05, 0.1) is 0 Å². The van der Waals surface area contributed by atoms with Crippen molar-refractivity contribution in [1.29, 1.82) is 0 Å². The lowest BCUT2D eigenvalue weighted by atomic mass is 9.82. The van der Waals surface area contributed by atoms with Gasteiger partial charge in [-0.2, -0.15) is 0 Å². The maximum atomic E-state index is 8.76. The zero-order chi connectivity index (χ0) is 8.91. The van der Waals surface area contributed by atoms with Crippen LogP contribution in [0.3, 0.4) is 0 Å². The molecular formula is C10H22O. The second-order valence-electron chi connectivity index (χ2n) is 4.55. The van der Waals surface area contributed by atoms with Gasteiger partial charge in [0.1, 0.15) is 0 Å². The summed E-state index contributed by atoms with van der Waals surface area (Å²) in [6, 6.07) is 0. The molecule has 1 atom stereocenters. The van der Waals surface area contributed by atoms with E-state index in [2.05, 4.69) is 27.7 Å². The lowest BCUT2D eigenvalue weighted by molar-refractivity contribution is 0.214. The van der Waals surface area contributed by atoms with Crippen LogP contribution in [0.2, 0.25) is 0 Å². The molecule has 0 aliphatic carbocycles. The van der Waals surface area contributed by atoms with Crippen LogP contribution in [0.25, 0.3) is 0 Å². The van der Waals surface area contributed by atoms with Gasteiger partial charge in [0, 0.05) is 6.61 Å². The van der Waals surface area contributed by atoms with Gasteiger partial charge in [-0.05, 0) is 24.2 Å². The Morgan fingerprint density at radius 1 is 1.27 bits per heavy atom. The molecule has 0 bridgehead atoms. The van der Waals surface area contributed by atoms with E-state index >= 15 is 0 Å². The standard InChI is InChI=1S/C10H22O/c1-5-9(6-7-11)8-10(2,3)4/h9,11H,5-8H2,1-4H3. The number of aliphatic hydroxyl groups is 1. The highest BCUT2D eigenvalue weighted by molar-refractivity contribution is 4.67. The van der Waals surface area contributed by atoms with Crippen molar-refractivity contribution in [3.05, 3.63) is 0 Å². The lowest BCUT2D eigenvalue weighted by Gasteiger charge is -2.24. The molecule has 1 unspecified atom stereocenters. The predicted octanol–water partition coefficient (Wildman–Crippen LogP) is 2.83. The molecule has 1 heteroatoms. The SMILES string of the molecule is CCC(CCO)CC(C)(C)C. The highest BCUT2D eigenvalue weighted by atomic mass is 16.3. The minimum Gasteiger partial charge on any atom is -0.396 e. The van der Waals surface area contributed by atoms with Crippen molar-refractivity contribution in [1.82, 2.24) is 0 Å². The lowest BCUT2D eigenvalue weighted by Crippen LogP contribution is -2.13. The third-order valence-corrected chi connectivity index (χ3v) is 2.02. The Morgan fingerprint density at radius 3 is 2.09 bits per heavy atom. The average Bonchev–Trinajstić information content (AvgIpc) is 1.84. The monoisotopic (exact) mass is 158 g/mol. The number of rotatable bonds is 4. The van der Waals surface area contributed by atoms with Crippen LogP contribution in [-0.4, -0.2) is 11.7 Å². The Hall–Kier alpha value is -0.0400.